The number of para-hydroxylation sites is 1. The van der Waals surface area contributed by atoms with Gasteiger partial charge >= 0.3 is 18.1 Å². The number of aliphatic carboxylic acids is 1. The summed E-state index contributed by atoms with van der Waals surface area (Å²) in [5, 5.41) is 29.4. The molecule has 5 rings (SSSR count). The third-order valence-electron chi connectivity index (χ3n) is 15.4. The van der Waals surface area contributed by atoms with Crippen LogP contribution in [0.15, 0.2) is 109 Å². The minimum Gasteiger partial charge on any atom is -0.478 e. The Morgan fingerprint density at radius 3 is 2.01 bits per heavy atom. The lowest BCUT2D eigenvalue weighted by atomic mass is 9.76. The maximum Gasteiger partial charge on any atom is 0.411 e. The number of fused-ring (bicyclic) bond motifs is 2. The molecule has 1 aliphatic heterocycles. The number of hydrogen-bond donors (Lipinski definition) is 9. The Labute approximate surface area is 511 Å². The Kier molecular flexibility index (Phi) is 25.0. The van der Waals surface area contributed by atoms with E-state index in [1.165, 1.54) is 11.8 Å². The van der Waals surface area contributed by atoms with E-state index >= 15 is 0 Å². The van der Waals surface area contributed by atoms with Crippen molar-refractivity contribution >= 4 is 82.8 Å². The van der Waals surface area contributed by atoms with Crippen molar-refractivity contribution in [2.24, 2.45) is 23.0 Å². The van der Waals surface area contributed by atoms with E-state index in [4.69, 9.17) is 10.5 Å². The van der Waals surface area contributed by atoms with Crippen molar-refractivity contribution in [1.29, 1.82) is 0 Å². The molecule has 10 N–H and O–H groups in total. The molecule has 0 fully saturated rings. The number of nitrogens with two attached hydrogens (primary N) is 1. The number of ether oxygens (including phenoxy) is 1. The molecule has 1 heterocycles. The van der Waals surface area contributed by atoms with Gasteiger partial charge < -0.3 is 57.3 Å². The molecular formula is C66H88N10O11. The second-order valence-corrected chi connectivity index (χ2v) is 24.3. The molecule has 0 saturated carbocycles. The van der Waals surface area contributed by atoms with E-state index in [0.717, 1.165) is 22.4 Å². The number of nitrogens with one attached hydrogen (secondary N) is 7. The number of nitrogens with zero attached hydrogens (tertiary/aromatic N) is 2. The van der Waals surface area contributed by atoms with Crippen LogP contribution in [-0.2, 0) is 56.9 Å². The maximum atomic E-state index is 14.2. The van der Waals surface area contributed by atoms with Gasteiger partial charge in [-0.05, 0) is 109 Å². The first kappa shape index (κ1) is 68.9. The Morgan fingerprint density at radius 1 is 0.724 bits per heavy atom. The van der Waals surface area contributed by atoms with Gasteiger partial charge in [-0.2, -0.15) is 0 Å². The molecule has 9 amide bonds. The van der Waals surface area contributed by atoms with Crippen LogP contribution in [0.2, 0.25) is 0 Å². The molecule has 21 heteroatoms. The fourth-order valence-electron chi connectivity index (χ4n) is 10.2. The molecule has 0 spiro atoms. The average molecular weight is 1200 g/mol. The van der Waals surface area contributed by atoms with Crippen LogP contribution < -0.4 is 47.9 Å². The van der Waals surface area contributed by atoms with Crippen molar-refractivity contribution in [1.82, 2.24) is 31.5 Å². The van der Waals surface area contributed by atoms with Crippen LogP contribution in [0.3, 0.4) is 0 Å². The van der Waals surface area contributed by atoms with Crippen LogP contribution in [-0.4, -0.2) is 114 Å². The highest BCUT2D eigenvalue weighted by Crippen LogP contribution is 2.32. The zero-order valence-corrected chi connectivity index (χ0v) is 52.2. The Bertz CT molecular complexity index is 3170. The maximum absolute atomic E-state index is 14.2. The number of hydrogen-bond acceptors (Lipinski definition) is 11. The predicted octanol–water partition coefficient (Wildman–Crippen LogP) is 8.25. The molecule has 468 valence electrons. The van der Waals surface area contributed by atoms with E-state index in [1.54, 1.807) is 81.4 Å². The fourth-order valence-corrected chi connectivity index (χ4v) is 10.2. The molecule has 1 aliphatic rings. The van der Waals surface area contributed by atoms with Crippen molar-refractivity contribution in [3.63, 3.8) is 0 Å². The Balaban J connectivity index is 1.19. The van der Waals surface area contributed by atoms with Gasteiger partial charge in [0, 0.05) is 48.8 Å². The number of urea groups is 1. The molecule has 4 aromatic carbocycles. The highest BCUT2D eigenvalue weighted by molar-refractivity contribution is 6.00. The van der Waals surface area contributed by atoms with E-state index in [0.29, 0.717) is 41.9 Å². The van der Waals surface area contributed by atoms with E-state index in [1.807, 2.05) is 115 Å². The first-order valence-corrected chi connectivity index (χ1v) is 29.4. The van der Waals surface area contributed by atoms with E-state index < -0.39 is 88.7 Å². The molecule has 0 radical (unpaired) electrons. The number of carboxylic acid groups (broad SMARTS) is 1. The number of carbonyl (C=O) groups is 9. The van der Waals surface area contributed by atoms with Crippen molar-refractivity contribution < 1.29 is 53.0 Å². The number of anilines is 3. The van der Waals surface area contributed by atoms with Gasteiger partial charge in [0.1, 0.15) is 24.7 Å². The number of carbonyl (C=O) groups excluding carboxylic acids is 8. The van der Waals surface area contributed by atoms with Gasteiger partial charge in [0.15, 0.2) is 0 Å². The molecule has 87 heavy (non-hydrogen) atoms. The number of unbranched alkanes of at least 4 members (excludes halogenated alkanes) is 1. The number of amides is 9. The Hall–Kier alpha value is -8.85. The fraction of sp³-hybridized carbons (Fsp3) is 0.439. The monoisotopic (exact) mass is 1200 g/mol. The first-order chi connectivity index (χ1) is 41.0. The third-order valence-corrected chi connectivity index (χ3v) is 15.4. The number of rotatable bonds is 27. The smallest absolute Gasteiger partial charge is 0.411 e. The third kappa shape index (κ3) is 19.9. The van der Waals surface area contributed by atoms with E-state index in [9.17, 15) is 48.3 Å². The van der Waals surface area contributed by atoms with Gasteiger partial charge in [0.25, 0.3) is 0 Å². The molecule has 4 aromatic rings. The minimum atomic E-state index is -1.09. The van der Waals surface area contributed by atoms with Crippen molar-refractivity contribution in [3.8, 4) is 0 Å². The van der Waals surface area contributed by atoms with Crippen LogP contribution in [0, 0.1) is 17.3 Å². The largest absolute Gasteiger partial charge is 0.478 e. The van der Waals surface area contributed by atoms with Crippen LogP contribution in [0.25, 0.3) is 12.2 Å². The zero-order chi connectivity index (χ0) is 64.3. The molecule has 5 atom stereocenters. The van der Waals surface area contributed by atoms with Crippen LogP contribution in [0.1, 0.15) is 129 Å². The van der Waals surface area contributed by atoms with Gasteiger partial charge in [0.2, 0.25) is 35.4 Å². The quantitative estimate of drug-likeness (QED) is 0.0201. The molecule has 0 bridgehead atoms. The van der Waals surface area contributed by atoms with Crippen molar-refractivity contribution in [3.05, 3.63) is 137 Å². The highest BCUT2D eigenvalue weighted by Gasteiger charge is 2.42. The van der Waals surface area contributed by atoms with Gasteiger partial charge in [-0.1, -0.05) is 147 Å². The molecule has 0 aliphatic carbocycles. The summed E-state index contributed by atoms with van der Waals surface area (Å²) >= 11 is 0. The number of likely N-dealkylation sites (N-methyl/N-ethyl adjacent to an activating group) is 2. The Morgan fingerprint density at radius 2 is 1.38 bits per heavy atom. The second-order valence-electron chi connectivity index (χ2n) is 24.3. The number of carboxylic acids is 1. The summed E-state index contributed by atoms with van der Waals surface area (Å²) in [5.41, 5.74) is 9.26. The van der Waals surface area contributed by atoms with Crippen LogP contribution in [0.5, 0.6) is 0 Å². The summed E-state index contributed by atoms with van der Waals surface area (Å²) < 4.78 is 5.57. The SMILES string of the molecule is CNC(C(=O)N[C@H](C(=O)N(C)[C@H](/C=C(\C)C(=O)O)C(C)C)C(C)(C)C)C(C)(C)c1cccc(NC(=O)OCc2ccc(NC(=O)C(CCCCNC(N)=O)NC(=O)[C@@H](NC(=O)CCC(=O)N3Cc4ccccc4/C=C\c4ccccc43)C(C)C)cc2)c1. The second kappa shape index (κ2) is 31.5. The van der Waals surface area contributed by atoms with Crippen LogP contribution in [0.4, 0.5) is 26.7 Å². The topological polar surface area (TPSA) is 300 Å². The summed E-state index contributed by atoms with van der Waals surface area (Å²) in [6, 6.07) is 23.7. The minimum absolute atomic E-state index is 0.101. The summed E-state index contributed by atoms with van der Waals surface area (Å²) in [7, 11) is 3.25. The summed E-state index contributed by atoms with van der Waals surface area (Å²) in [6.07, 6.45) is 5.48. The standard InChI is InChI=1S/C66H88N10O11/c1-40(2)52(36-42(5)62(83)84)75(12)61(82)57(65(6,7)8)74-60(81)56(68-11)66(9,10)47-23-19-24-49(37-47)71-64(86)87-39-43-27-31-48(32-28-43)70-58(79)50(25-17-18-35-69-63(67)85)72-59(80)55(41(3)4)73-53(77)33-34-54(78)76-38-46-22-14-13-20-44(46)29-30-45-21-15-16-26-51(45)76/h13-16,19-24,26-32,36-37,40-41,50,52,55-57,68H,17-18,25,33-35,38-39H2,1-12H3,(H,70,79)(H,71,86)(H,72,80)(H,73,77)(H,74,81)(H,83,84)(H3,67,69,85)/b30-29-,42-36+/t50?,52-,55+,56?,57-/m1/s1. The van der Waals surface area contributed by atoms with Crippen LogP contribution >= 0.6 is 0 Å². The van der Waals surface area contributed by atoms with E-state index in [2.05, 4.69) is 37.2 Å². The van der Waals surface area contributed by atoms with Gasteiger partial charge in [-0.25, -0.2) is 14.4 Å². The number of benzene rings is 4. The predicted molar refractivity (Wildman–Crippen MR) is 338 cm³/mol. The summed E-state index contributed by atoms with van der Waals surface area (Å²) in [5.74, 6) is -4.36. The van der Waals surface area contributed by atoms with Gasteiger partial charge in [-0.15, -0.1) is 0 Å². The number of primary amides is 1. The lowest BCUT2D eigenvalue weighted by molar-refractivity contribution is -0.141. The normalized spacial score (nSPS) is 14.5. The van der Waals surface area contributed by atoms with Gasteiger partial charge in [-0.3, -0.25) is 34.1 Å². The molecule has 0 saturated heterocycles. The van der Waals surface area contributed by atoms with E-state index in [-0.39, 0.29) is 55.7 Å². The molecular weight excluding hydrogens is 1110 g/mol. The van der Waals surface area contributed by atoms with Crippen molar-refractivity contribution in [2.75, 3.05) is 36.2 Å². The summed E-state index contributed by atoms with van der Waals surface area (Å²) in [6.45, 7) is 18.4. The average Bonchev–Trinajstić information content (AvgIpc) is 1.94. The highest BCUT2D eigenvalue weighted by atomic mass is 16.5. The van der Waals surface area contributed by atoms with Crippen molar-refractivity contribution in [2.45, 2.75) is 150 Å². The summed E-state index contributed by atoms with van der Waals surface area (Å²) in [4.78, 5) is 123. The molecule has 2 unspecified atom stereocenters. The first-order valence-electron chi connectivity index (χ1n) is 29.4. The lowest BCUT2D eigenvalue weighted by Crippen LogP contribution is -2.61. The lowest BCUT2D eigenvalue weighted by Gasteiger charge is -2.40. The molecule has 21 nitrogen and oxygen atoms in total. The van der Waals surface area contributed by atoms with Gasteiger partial charge in [0.05, 0.1) is 24.3 Å². The zero-order valence-electron chi connectivity index (χ0n) is 52.2. The molecule has 0 aromatic heterocycles.